The van der Waals surface area contributed by atoms with Crippen LogP contribution in [0.1, 0.15) is 11.1 Å². The molecule has 0 atom stereocenters. The number of sulfonamides is 1. The van der Waals surface area contributed by atoms with E-state index < -0.39 is 16.0 Å². The highest BCUT2D eigenvalue weighted by molar-refractivity contribution is 7.89. The van der Waals surface area contributed by atoms with Crippen molar-refractivity contribution in [2.24, 2.45) is 0 Å². The number of methoxy groups -OCH3 is 1. The number of rotatable bonds is 8. The van der Waals surface area contributed by atoms with Crippen LogP contribution in [-0.4, -0.2) is 50.3 Å². The zero-order valence-electron chi connectivity index (χ0n) is 12.0. The second-order valence-corrected chi connectivity index (χ2v) is 6.68. The predicted molar refractivity (Wildman–Crippen MR) is 80.2 cm³/mol. The molecule has 0 unspecified atom stereocenters. The Balaban J connectivity index is 2.79. The molecule has 1 rings (SSSR count). The number of aliphatic carboxylic acids is 1. The average Bonchev–Trinajstić information content (AvgIpc) is 2.43. The fourth-order valence-corrected chi connectivity index (χ4v) is 2.70. The summed E-state index contributed by atoms with van der Waals surface area (Å²) in [4.78, 5) is 10.5. The molecule has 0 aliphatic rings. The van der Waals surface area contributed by atoms with Gasteiger partial charge < -0.3 is 9.84 Å². The third-order valence-corrected chi connectivity index (χ3v) is 4.56. The van der Waals surface area contributed by atoms with Gasteiger partial charge in [0.15, 0.2) is 0 Å². The predicted octanol–water partition coefficient (Wildman–Crippen LogP) is 1.19. The molecule has 0 bridgehead atoms. The number of hydrogen-bond acceptors (Lipinski definition) is 4. The normalized spacial score (nSPS) is 12.1. The zero-order chi connectivity index (χ0) is 15.9. The van der Waals surface area contributed by atoms with Crippen molar-refractivity contribution < 1.29 is 23.1 Å². The summed E-state index contributed by atoms with van der Waals surface area (Å²) in [6.07, 6.45) is 2.50. The van der Waals surface area contributed by atoms with E-state index in [1.807, 2.05) is 0 Å². The second-order valence-electron chi connectivity index (χ2n) is 4.48. The Bertz CT molecular complexity index is 610. The summed E-state index contributed by atoms with van der Waals surface area (Å²) in [6.45, 7) is 0.370. The van der Waals surface area contributed by atoms with Gasteiger partial charge in [0.25, 0.3) is 0 Å². The summed E-state index contributed by atoms with van der Waals surface area (Å²) >= 11 is 0. The Hall–Kier alpha value is -1.70. The molecule has 0 fully saturated rings. The molecule has 1 aromatic carbocycles. The first-order valence-electron chi connectivity index (χ1n) is 6.28. The van der Waals surface area contributed by atoms with E-state index in [0.717, 1.165) is 11.6 Å². The molecule has 0 saturated carbocycles. The van der Waals surface area contributed by atoms with Crippen LogP contribution in [0.3, 0.4) is 0 Å². The summed E-state index contributed by atoms with van der Waals surface area (Å²) in [5, 5.41) is 8.59. The number of benzene rings is 1. The van der Waals surface area contributed by atoms with Gasteiger partial charge in [-0.2, -0.15) is 0 Å². The van der Waals surface area contributed by atoms with Crippen LogP contribution in [0, 0.1) is 0 Å². The summed E-state index contributed by atoms with van der Waals surface area (Å²) in [5.74, 6) is -1.10. The lowest BCUT2D eigenvalue weighted by atomic mass is 10.1. The fraction of sp³-hybridized carbons (Fsp3) is 0.357. The van der Waals surface area contributed by atoms with E-state index in [4.69, 9.17) is 9.84 Å². The van der Waals surface area contributed by atoms with Gasteiger partial charge in [-0.1, -0.05) is 24.3 Å². The number of ether oxygens (including phenoxy) is 1. The maximum atomic E-state index is 11.9. The van der Waals surface area contributed by atoms with Gasteiger partial charge in [-0.25, -0.2) is 17.5 Å². The van der Waals surface area contributed by atoms with Crippen molar-refractivity contribution >= 4 is 22.1 Å². The molecule has 0 aliphatic heterocycles. The first-order chi connectivity index (χ1) is 9.85. The minimum atomic E-state index is -3.36. The fourth-order valence-electron chi connectivity index (χ4n) is 1.66. The molecule has 0 heterocycles. The third-order valence-electron chi connectivity index (χ3n) is 2.79. The summed E-state index contributed by atoms with van der Waals surface area (Å²) in [7, 11) is -0.406. The van der Waals surface area contributed by atoms with Crippen LogP contribution in [0.2, 0.25) is 0 Å². The van der Waals surface area contributed by atoms with Crippen LogP contribution < -0.4 is 0 Å². The van der Waals surface area contributed by atoms with Crippen LogP contribution in [0.5, 0.6) is 0 Å². The Kier molecular flexibility index (Phi) is 6.54. The van der Waals surface area contributed by atoms with Crippen molar-refractivity contribution in [2.75, 3.05) is 26.5 Å². The highest BCUT2D eigenvalue weighted by Gasteiger charge is 2.17. The third kappa shape index (κ3) is 6.07. The molecule has 0 spiro atoms. The Labute approximate surface area is 124 Å². The van der Waals surface area contributed by atoms with E-state index in [0.29, 0.717) is 5.56 Å². The van der Waals surface area contributed by atoms with Crippen LogP contribution in [0.25, 0.3) is 6.08 Å². The maximum Gasteiger partial charge on any atom is 0.328 e. The lowest BCUT2D eigenvalue weighted by Gasteiger charge is -2.17. The molecular formula is C14H19NO5S. The lowest BCUT2D eigenvalue weighted by molar-refractivity contribution is -0.131. The van der Waals surface area contributed by atoms with Crippen molar-refractivity contribution in [1.29, 1.82) is 0 Å². The molecule has 0 amide bonds. The quantitative estimate of drug-likeness (QED) is 0.729. The largest absolute Gasteiger partial charge is 0.478 e. The molecule has 116 valence electrons. The summed E-state index contributed by atoms with van der Waals surface area (Å²) < 4.78 is 29.9. The van der Waals surface area contributed by atoms with Gasteiger partial charge in [0.1, 0.15) is 0 Å². The van der Waals surface area contributed by atoms with Crippen LogP contribution in [0.4, 0.5) is 0 Å². The van der Waals surface area contributed by atoms with E-state index in [9.17, 15) is 13.2 Å². The standard InChI is InChI=1S/C14H19NO5S/c1-15(21(18,19)9-8-20-2)11-13-5-3-4-12(10-13)6-7-14(16)17/h3-7,10H,8-9,11H2,1-2H3,(H,16,17). The van der Waals surface area contributed by atoms with E-state index >= 15 is 0 Å². The molecule has 1 aromatic rings. The Morgan fingerprint density at radius 2 is 2.14 bits per heavy atom. The molecule has 6 nitrogen and oxygen atoms in total. The molecule has 7 heteroatoms. The van der Waals surface area contributed by atoms with Crippen molar-refractivity contribution in [1.82, 2.24) is 4.31 Å². The van der Waals surface area contributed by atoms with Crippen molar-refractivity contribution in [3.63, 3.8) is 0 Å². The van der Waals surface area contributed by atoms with E-state index in [-0.39, 0.29) is 18.9 Å². The highest BCUT2D eigenvalue weighted by atomic mass is 32.2. The van der Waals surface area contributed by atoms with Gasteiger partial charge >= 0.3 is 5.97 Å². The van der Waals surface area contributed by atoms with Crippen LogP contribution >= 0.6 is 0 Å². The lowest BCUT2D eigenvalue weighted by Crippen LogP contribution is -2.30. The van der Waals surface area contributed by atoms with Crippen molar-refractivity contribution in [2.45, 2.75) is 6.54 Å². The number of carbonyl (C=O) groups is 1. The smallest absolute Gasteiger partial charge is 0.328 e. The summed E-state index contributed by atoms with van der Waals surface area (Å²) in [5.41, 5.74) is 1.49. The zero-order valence-corrected chi connectivity index (χ0v) is 12.8. The summed E-state index contributed by atoms with van der Waals surface area (Å²) in [6, 6.07) is 7.05. The van der Waals surface area contributed by atoms with Gasteiger partial charge in [0.05, 0.1) is 12.4 Å². The first kappa shape index (κ1) is 17.4. The van der Waals surface area contributed by atoms with E-state index in [1.165, 1.54) is 24.5 Å². The van der Waals surface area contributed by atoms with E-state index in [1.54, 1.807) is 24.3 Å². The molecule has 0 radical (unpaired) electrons. The molecule has 0 saturated heterocycles. The number of nitrogens with zero attached hydrogens (tertiary/aromatic N) is 1. The van der Waals surface area contributed by atoms with Gasteiger partial charge in [-0.05, 0) is 17.2 Å². The molecule has 1 N–H and O–H groups in total. The van der Waals surface area contributed by atoms with Crippen LogP contribution in [0.15, 0.2) is 30.3 Å². The Morgan fingerprint density at radius 1 is 1.43 bits per heavy atom. The van der Waals surface area contributed by atoms with Crippen molar-refractivity contribution in [3.8, 4) is 0 Å². The van der Waals surface area contributed by atoms with Gasteiger partial charge in [0, 0.05) is 26.8 Å². The number of hydrogen-bond donors (Lipinski definition) is 1. The highest BCUT2D eigenvalue weighted by Crippen LogP contribution is 2.11. The monoisotopic (exact) mass is 313 g/mol. The van der Waals surface area contributed by atoms with Crippen molar-refractivity contribution in [3.05, 3.63) is 41.5 Å². The topological polar surface area (TPSA) is 83.9 Å². The van der Waals surface area contributed by atoms with E-state index in [2.05, 4.69) is 0 Å². The molecular weight excluding hydrogens is 294 g/mol. The molecule has 21 heavy (non-hydrogen) atoms. The SMILES string of the molecule is COCCS(=O)(=O)N(C)Cc1cccc(C=CC(=O)O)c1. The number of carboxylic acids is 1. The molecule has 0 aliphatic carbocycles. The maximum absolute atomic E-state index is 11.9. The number of carboxylic acid groups (broad SMARTS) is 1. The minimum absolute atomic E-state index is 0.0708. The van der Waals surface area contributed by atoms with Crippen LogP contribution in [-0.2, 0) is 26.1 Å². The van der Waals surface area contributed by atoms with Gasteiger partial charge in [-0.15, -0.1) is 0 Å². The Morgan fingerprint density at radius 3 is 2.76 bits per heavy atom. The van der Waals surface area contributed by atoms with Gasteiger partial charge in [-0.3, -0.25) is 0 Å². The minimum Gasteiger partial charge on any atom is -0.478 e. The first-order valence-corrected chi connectivity index (χ1v) is 7.89. The molecule has 0 aromatic heterocycles. The average molecular weight is 313 g/mol. The second kappa shape index (κ2) is 7.92. The van der Waals surface area contributed by atoms with Gasteiger partial charge in [0.2, 0.25) is 10.0 Å².